The molecule has 0 radical (unpaired) electrons. The molecule has 0 saturated carbocycles. The molecule has 1 saturated heterocycles. The summed E-state index contributed by atoms with van der Waals surface area (Å²) in [5.74, 6) is 0. The predicted molar refractivity (Wildman–Crippen MR) is 84.1 cm³/mol. The molecule has 1 heterocycles. The monoisotopic (exact) mass is 293 g/mol. The molecule has 2 aromatic rings. The van der Waals surface area contributed by atoms with Crippen molar-refractivity contribution in [3.05, 3.63) is 59.1 Å². The second-order valence-electron chi connectivity index (χ2n) is 4.75. The van der Waals surface area contributed by atoms with E-state index in [1.165, 1.54) is 24.0 Å². The van der Waals surface area contributed by atoms with Gasteiger partial charge in [0, 0.05) is 16.6 Å². The number of nitrogens with one attached hydrogen (secondary N) is 1. The Hall–Kier alpha value is -1.02. The van der Waals surface area contributed by atoms with E-state index in [9.17, 15) is 0 Å². The van der Waals surface area contributed by atoms with Gasteiger partial charge in [-0.1, -0.05) is 54.1 Å². The molecule has 1 aliphatic rings. The number of hydrogen-bond donors (Lipinski definition) is 1. The fraction of sp³-hybridized carbons (Fsp3) is 0.250. The lowest BCUT2D eigenvalue weighted by molar-refractivity contribution is 0.648. The normalized spacial score (nSPS) is 18.1. The van der Waals surface area contributed by atoms with Crippen molar-refractivity contribution in [2.24, 2.45) is 0 Å². The molecule has 0 bridgehead atoms. The first-order valence-corrected chi connectivity index (χ1v) is 6.80. The summed E-state index contributed by atoms with van der Waals surface area (Å²) in [6.45, 7) is 1.14. The summed E-state index contributed by atoms with van der Waals surface area (Å²) < 4.78 is 0. The van der Waals surface area contributed by atoms with Gasteiger partial charge < -0.3 is 5.32 Å². The highest BCUT2D eigenvalue weighted by molar-refractivity contribution is 6.33. The Morgan fingerprint density at radius 1 is 1.00 bits per heavy atom. The molecule has 0 aliphatic carbocycles. The van der Waals surface area contributed by atoms with Crippen LogP contribution in [0.1, 0.15) is 24.4 Å². The topological polar surface area (TPSA) is 12.0 Å². The van der Waals surface area contributed by atoms with Gasteiger partial charge in [0.05, 0.1) is 0 Å². The molecule has 1 unspecified atom stereocenters. The zero-order valence-corrected chi connectivity index (χ0v) is 12.2. The van der Waals surface area contributed by atoms with Gasteiger partial charge in [0.1, 0.15) is 0 Å². The molecule has 0 amide bonds. The van der Waals surface area contributed by atoms with E-state index in [0.717, 1.165) is 17.1 Å². The van der Waals surface area contributed by atoms with Crippen LogP contribution in [0.25, 0.3) is 11.1 Å². The first-order chi connectivity index (χ1) is 8.84. The van der Waals surface area contributed by atoms with Gasteiger partial charge in [0.15, 0.2) is 0 Å². The summed E-state index contributed by atoms with van der Waals surface area (Å²) in [4.78, 5) is 0. The van der Waals surface area contributed by atoms with Crippen LogP contribution in [0.15, 0.2) is 48.5 Å². The van der Waals surface area contributed by atoms with Crippen molar-refractivity contribution >= 4 is 24.0 Å². The van der Waals surface area contributed by atoms with E-state index in [0.29, 0.717) is 6.04 Å². The lowest BCUT2D eigenvalue weighted by atomic mass is 10.00. The van der Waals surface area contributed by atoms with E-state index in [1.54, 1.807) is 0 Å². The third kappa shape index (κ3) is 3.11. The molecule has 3 heteroatoms. The SMILES string of the molecule is Cl.Clc1ccccc1-c1ccc(C2CCCN2)cc1. The molecule has 1 N–H and O–H groups in total. The molecule has 1 atom stereocenters. The molecule has 1 fully saturated rings. The van der Waals surface area contributed by atoms with Crippen LogP contribution in [0.5, 0.6) is 0 Å². The highest BCUT2D eigenvalue weighted by Crippen LogP contribution is 2.29. The lowest BCUT2D eigenvalue weighted by Crippen LogP contribution is -2.12. The summed E-state index contributed by atoms with van der Waals surface area (Å²) in [5, 5.41) is 4.33. The third-order valence-electron chi connectivity index (χ3n) is 3.56. The maximum atomic E-state index is 6.21. The lowest BCUT2D eigenvalue weighted by Gasteiger charge is -2.11. The van der Waals surface area contributed by atoms with Crippen LogP contribution < -0.4 is 5.32 Å². The molecule has 2 aromatic carbocycles. The van der Waals surface area contributed by atoms with Crippen LogP contribution in [0.4, 0.5) is 0 Å². The molecule has 19 heavy (non-hydrogen) atoms. The summed E-state index contributed by atoms with van der Waals surface area (Å²) in [5.41, 5.74) is 3.66. The molecular formula is C16H17Cl2N. The third-order valence-corrected chi connectivity index (χ3v) is 3.89. The van der Waals surface area contributed by atoms with Crippen LogP contribution in [0.3, 0.4) is 0 Å². The van der Waals surface area contributed by atoms with Crippen LogP contribution in [0.2, 0.25) is 5.02 Å². The van der Waals surface area contributed by atoms with E-state index < -0.39 is 0 Å². The van der Waals surface area contributed by atoms with Crippen LogP contribution in [-0.2, 0) is 0 Å². The highest BCUT2D eigenvalue weighted by atomic mass is 35.5. The fourth-order valence-corrected chi connectivity index (χ4v) is 2.80. The van der Waals surface area contributed by atoms with Crippen molar-refractivity contribution in [1.29, 1.82) is 0 Å². The Morgan fingerprint density at radius 2 is 1.74 bits per heavy atom. The number of rotatable bonds is 2. The van der Waals surface area contributed by atoms with Crippen molar-refractivity contribution in [2.75, 3.05) is 6.54 Å². The summed E-state index contributed by atoms with van der Waals surface area (Å²) in [7, 11) is 0. The van der Waals surface area contributed by atoms with Crippen molar-refractivity contribution in [3.8, 4) is 11.1 Å². The first-order valence-electron chi connectivity index (χ1n) is 6.43. The quantitative estimate of drug-likeness (QED) is 0.834. The van der Waals surface area contributed by atoms with Gasteiger partial charge in [-0.25, -0.2) is 0 Å². The van der Waals surface area contributed by atoms with E-state index in [-0.39, 0.29) is 12.4 Å². The van der Waals surface area contributed by atoms with Gasteiger partial charge in [0.2, 0.25) is 0 Å². The van der Waals surface area contributed by atoms with Crippen LogP contribution in [-0.4, -0.2) is 6.54 Å². The van der Waals surface area contributed by atoms with E-state index >= 15 is 0 Å². The molecular weight excluding hydrogens is 277 g/mol. The zero-order chi connectivity index (χ0) is 12.4. The van der Waals surface area contributed by atoms with Crippen molar-refractivity contribution in [3.63, 3.8) is 0 Å². The Morgan fingerprint density at radius 3 is 2.37 bits per heavy atom. The minimum Gasteiger partial charge on any atom is -0.310 e. The Kier molecular flexibility index (Phi) is 4.87. The van der Waals surface area contributed by atoms with Crippen LogP contribution >= 0.6 is 24.0 Å². The molecule has 3 rings (SSSR count). The summed E-state index contributed by atoms with van der Waals surface area (Å²) in [6.07, 6.45) is 2.52. The summed E-state index contributed by atoms with van der Waals surface area (Å²) in [6, 6.07) is 17.3. The number of benzene rings is 2. The minimum atomic E-state index is 0. The second kappa shape index (κ2) is 6.42. The molecule has 1 aliphatic heterocycles. The van der Waals surface area contributed by atoms with Crippen molar-refractivity contribution in [1.82, 2.24) is 5.32 Å². The highest BCUT2D eigenvalue weighted by Gasteiger charge is 2.15. The summed E-state index contributed by atoms with van der Waals surface area (Å²) >= 11 is 6.21. The molecule has 1 nitrogen and oxygen atoms in total. The van der Waals surface area contributed by atoms with Crippen LogP contribution in [0, 0.1) is 0 Å². The van der Waals surface area contributed by atoms with E-state index in [2.05, 4.69) is 35.6 Å². The Labute approximate surface area is 125 Å². The van der Waals surface area contributed by atoms with E-state index in [4.69, 9.17) is 11.6 Å². The standard InChI is InChI=1S/C16H16ClN.ClH/c17-15-5-2-1-4-14(15)12-7-9-13(10-8-12)16-6-3-11-18-16;/h1-2,4-5,7-10,16,18H,3,6,11H2;1H. The van der Waals surface area contributed by atoms with Crippen molar-refractivity contribution < 1.29 is 0 Å². The average Bonchev–Trinajstić information content (AvgIpc) is 2.94. The molecule has 100 valence electrons. The number of hydrogen-bond acceptors (Lipinski definition) is 1. The largest absolute Gasteiger partial charge is 0.310 e. The zero-order valence-electron chi connectivity index (χ0n) is 10.6. The first kappa shape index (κ1) is 14.4. The van der Waals surface area contributed by atoms with Crippen molar-refractivity contribution in [2.45, 2.75) is 18.9 Å². The Balaban J connectivity index is 0.00000133. The Bertz CT molecular complexity index is 531. The van der Waals surface area contributed by atoms with Gasteiger partial charge in [-0.3, -0.25) is 0 Å². The maximum absolute atomic E-state index is 6.21. The van der Waals surface area contributed by atoms with E-state index in [1.807, 2.05) is 18.2 Å². The smallest absolute Gasteiger partial charge is 0.0484 e. The molecule has 0 spiro atoms. The maximum Gasteiger partial charge on any atom is 0.0484 e. The minimum absolute atomic E-state index is 0. The predicted octanol–water partition coefficient (Wildman–Crippen LogP) is 4.85. The van der Waals surface area contributed by atoms with Gasteiger partial charge in [-0.05, 0) is 36.6 Å². The second-order valence-corrected chi connectivity index (χ2v) is 5.16. The average molecular weight is 294 g/mol. The van der Waals surface area contributed by atoms with Gasteiger partial charge >= 0.3 is 0 Å². The van der Waals surface area contributed by atoms with Gasteiger partial charge in [-0.2, -0.15) is 0 Å². The molecule has 0 aromatic heterocycles. The van der Waals surface area contributed by atoms with Gasteiger partial charge in [-0.15, -0.1) is 12.4 Å². The number of halogens is 2. The van der Waals surface area contributed by atoms with Gasteiger partial charge in [0.25, 0.3) is 0 Å². The fourth-order valence-electron chi connectivity index (χ4n) is 2.56.